The number of aliphatic hydroxyl groups excluding tert-OH is 1. The first-order chi connectivity index (χ1) is 11.2. The van der Waals surface area contributed by atoms with Crippen molar-refractivity contribution in [2.24, 2.45) is 0 Å². The standard InChI is InChI=1S/C19H17NO3/c21-12-15-17(22)16-14(13-6-2-1-3-7-13)8-11-20(16)19(18(15)23)9-4-5-10-19/h1-3,6-8,11-12,21H,4-5,9-10H2. The summed E-state index contributed by atoms with van der Waals surface area (Å²) in [5.74, 6) is -0.635. The number of hydrogen-bond acceptors (Lipinski definition) is 3. The van der Waals surface area contributed by atoms with E-state index in [1.165, 1.54) is 0 Å². The predicted molar refractivity (Wildman–Crippen MR) is 86.4 cm³/mol. The average molecular weight is 307 g/mol. The van der Waals surface area contributed by atoms with Gasteiger partial charge in [-0.25, -0.2) is 0 Å². The Hall–Kier alpha value is -2.62. The molecule has 116 valence electrons. The van der Waals surface area contributed by atoms with Crippen LogP contribution in [0.2, 0.25) is 0 Å². The molecule has 0 atom stereocenters. The van der Waals surface area contributed by atoms with Crippen molar-refractivity contribution in [3.63, 3.8) is 0 Å². The summed E-state index contributed by atoms with van der Waals surface area (Å²) >= 11 is 0. The van der Waals surface area contributed by atoms with E-state index in [9.17, 15) is 14.7 Å². The summed E-state index contributed by atoms with van der Waals surface area (Å²) in [7, 11) is 0. The number of carbonyl (C=O) groups is 2. The maximum Gasteiger partial charge on any atom is 0.216 e. The predicted octanol–water partition coefficient (Wildman–Crippen LogP) is 3.63. The van der Waals surface area contributed by atoms with E-state index in [1.54, 1.807) is 0 Å². The number of benzene rings is 1. The first kappa shape index (κ1) is 14.0. The second kappa shape index (κ2) is 4.95. The first-order valence-electron chi connectivity index (χ1n) is 7.90. The van der Waals surface area contributed by atoms with Crippen LogP contribution < -0.4 is 0 Å². The van der Waals surface area contributed by atoms with Gasteiger partial charge in [0.25, 0.3) is 0 Å². The van der Waals surface area contributed by atoms with Gasteiger partial charge in [0.05, 0.1) is 12.0 Å². The van der Waals surface area contributed by atoms with Gasteiger partial charge >= 0.3 is 0 Å². The van der Waals surface area contributed by atoms with E-state index in [4.69, 9.17) is 0 Å². The number of nitrogens with zero attached hydrogens (tertiary/aromatic N) is 1. The Bertz CT molecular complexity index is 824. The largest absolute Gasteiger partial charge is 0.515 e. The van der Waals surface area contributed by atoms with Crippen LogP contribution in [-0.4, -0.2) is 21.2 Å². The van der Waals surface area contributed by atoms with E-state index >= 15 is 0 Å². The van der Waals surface area contributed by atoms with Crippen LogP contribution in [0.1, 0.15) is 36.2 Å². The second-order valence-corrected chi connectivity index (χ2v) is 6.25. The van der Waals surface area contributed by atoms with Crippen molar-refractivity contribution in [3.05, 3.63) is 60.1 Å². The molecule has 4 rings (SSSR count). The molecule has 0 saturated heterocycles. The maximum atomic E-state index is 12.8. The van der Waals surface area contributed by atoms with Crippen molar-refractivity contribution in [2.75, 3.05) is 0 Å². The molecule has 23 heavy (non-hydrogen) atoms. The molecule has 0 unspecified atom stereocenters. The summed E-state index contributed by atoms with van der Waals surface area (Å²) < 4.78 is 1.86. The summed E-state index contributed by atoms with van der Waals surface area (Å²) in [5.41, 5.74) is 1.47. The third-order valence-electron chi connectivity index (χ3n) is 5.12. The van der Waals surface area contributed by atoms with Crippen molar-refractivity contribution < 1.29 is 14.7 Å². The fraction of sp³-hybridized carbons (Fsp3) is 0.263. The van der Waals surface area contributed by atoms with Gasteiger partial charge in [0.15, 0.2) is 5.78 Å². The van der Waals surface area contributed by atoms with E-state index in [-0.39, 0.29) is 17.1 Å². The molecule has 1 fully saturated rings. The zero-order valence-corrected chi connectivity index (χ0v) is 12.7. The van der Waals surface area contributed by atoms with Crippen LogP contribution in [0.25, 0.3) is 11.1 Å². The Kier molecular flexibility index (Phi) is 3.01. The molecule has 1 aliphatic carbocycles. The fourth-order valence-electron chi connectivity index (χ4n) is 4.01. The minimum Gasteiger partial charge on any atom is -0.515 e. The Morgan fingerprint density at radius 2 is 1.74 bits per heavy atom. The molecule has 1 aliphatic heterocycles. The van der Waals surface area contributed by atoms with Gasteiger partial charge in [0, 0.05) is 11.8 Å². The smallest absolute Gasteiger partial charge is 0.216 e. The molecule has 0 amide bonds. The van der Waals surface area contributed by atoms with Crippen LogP contribution in [-0.2, 0) is 10.3 Å². The molecule has 0 bridgehead atoms. The molecule has 4 nitrogen and oxygen atoms in total. The lowest BCUT2D eigenvalue weighted by Gasteiger charge is -2.35. The Morgan fingerprint density at radius 1 is 1.04 bits per heavy atom. The summed E-state index contributed by atoms with van der Waals surface area (Å²) in [6.45, 7) is 0. The van der Waals surface area contributed by atoms with Crippen molar-refractivity contribution in [1.29, 1.82) is 0 Å². The lowest BCUT2D eigenvalue weighted by molar-refractivity contribution is -0.123. The minimum atomic E-state index is -0.704. The quantitative estimate of drug-likeness (QED) is 0.497. The van der Waals surface area contributed by atoms with Gasteiger partial charge in [-0.15, -0.1) is 0 Å². The van der Waals surface area contributed by atoms with E-state index < -0.39 is 5.54 Å². The number of aromatic nitrogens is 1. The number of allylic oxidation sites excluding steroid dienone is 1. The lowest BCUT2D eigenvalue weighted by atomic mass is 9.81. The highest BCUT2D eigenvalue weighted by atomic mass is 16.2. The van der Waals surface area contributed by atoms with Crippen molar-refractivity contribution in [2.45, 2.75) is 31.2 Å². The van der Waals surface area contributed by atoms with Gasteiger partial charge in [-0.3, -0.25) is 9.59 Å². The summed E-state index contributed by atoms with van der Waals surface area (Å²) in [6.07, 6.45) is 5.88. The van der Waals surface area contributed by atoms with Crippen LogP contribution in [0.3, 0.4) is 0 Å². The van der Waals surface area contributed by atoms with Crippen molar-refractivity contribution in [3.8, 4) is 11.1 Å². The molecule has 1 aromatic carbocycles. The van der Waals surface area contributed by atoms with Crippen molar-refractivity contribution >= 4 is 11.6 Å². The lowest BCUT2D eigenvalue weighted by Crippen LogP contribution is -2.47. The number of rotatable bonds is 1. The van der Waals surface area contributed by atoms with Gasteiger partial charge in [-0.2, -0.15) is 0 Å². The van der Waals surface area contributed by atoms with Crippen molar-refractivity contribution in [1.82, 2.24) is 4.57 Å². The van der Waals surface area contributed by atoms with Gasteiger partial charge < -0.3 is 9.67 Å². The first-order valence-corrected chi connectivity index (χ1v) is 7.90. The fourth-order valence-corrected chi connectivity index (χ4v) is 4.01. The number of Topliss-reactive ketones (excluding diaryl/α,β-unsaturated/α-hetero) is 2. The van der Waals surface area contributed by atoms with Crippen LogP contribution in [0.15, 0.2) is 54.4 Å². The number of fused-ring (bicyclic) bond motifs is 2. The van der Waals surface area contributed by atoms with Crippen LogP contribution in [0, 0.1) is 0 Å². The van der Waals surface area contributed by atoms with Gasteiger partial charge in [0.2, 0.25) is 5.78 Å². The Morgan fingerprint density at radius 3 is 2.39 bits per heavy atom. The zero-order chi connectivity index (χ0) is 16.0. The molecule has 2 aliphatic rings. The van der Waals surface area contributed by atoms with E-state index in [0.29, 0.717) is 24.8 Å². The molecule has 1 N–H and O–H groups in total. The van der Waals surface area contributed by atoms with Gasteiger partial charge in [0.1, 0.15) is 11.1 Å². The molecular formula is C19H17NO3. The molecule has 1 aromatic heterocycles. The highest BCUT2D eigenvalue weighted by molar-refractivity contribution is 6.31. The number of aliphatic hydroxyl groups is 1. The normalized spacial score (nSPS) is 21.1. The zero-order valence-electron chi connectivity index (χ0n) is 12.7. The minimum absolute atomic E-state index is 0.0877. The second-order valence-electron chi connectivity index (χ2n) is 6.25. The number of ketones is 2. The van der Waals surface area contributed by atoms with Crippen LogP contribution in [0.4, 0.5) is 0 Å². The van der Waals surface area contributed by atoms with E-state index in [0.717, 1.165) is 24.0 Å². The molecule has 2 aromatic rings. The number of carbonyl (C=O) groups excluding carboxylic acids is 2. The summed E-state index contributed by atoms with van der Waals surface area (Å²) in [4.78, 5) is 25.6. The number of hydrogen-bond donors (Lipinski definition) is 1. The molecule has 1 spiro atoms. The third kappa shape index (κ3) is 1.78. The molecule has 1 saturated carbocycles. The highest BCUT2D eigenvalue weighted by Gasteiger charge is 2.51. The Balaban J connectivity index is 1.99. The highest BCUT2D eigenvalue weighted by Crippen LogP contribution is 2.45. The molecule has 2 heterocycles. The van der Waals surface area contributed by atoms with Gasteiger partial charge in [-0.05, 0) is 24.5 Å². The topological polar surface area (TPSA) is 59.3 Å². The molecule has 4 heteroatoms. The monoisotopic (exact) mass is 307 g/mol. The Labute approximate surface area is 134 Å². The summed E-state index contributed by atoms with van der Waals surface area (Å²) in [6, 6.07) is 11.6. The summed E-state index contributed by atoms with van der Waals surface area (Å²) in [5, 5.41) is 9.49. The third-order valence-corrected chi connectivity index (χ3v) is 5.12. The average Bonchev–Trinajstić information content (AvgIpc) is 3.23. The van der Waals surface area contributed by atoms with E-state index in [2.05, 4.69) is 0 Å². The van der Waals surface area contributed by atoms with Crippen LogP contribution in [0.5, 0.6) is 0 Å². The van der Waals surface area contributed by atoms with Gasteiger partial charge in [-0.1, -0.05) is 43.2 Å². The maximum absolute atomic E-state index is 12.8. The van der Waals surface area contributed by atoms with E-state index in [1.807, 2.05) is 47.2 Å². The molecule has 0 radical (unpaired) electrons. The van der Waals surface area contributed by atoms with Crippen LogP contribution >= 0.6 is 0 Å². The molecular weight excluding hydrogens is 290 g/mol. The SMILES string of the molecule is O=C1C(=CO)C(=O)C2(CCCC2)n2ccc(-c3ccccc3)c21.